The molecule has 2 heterocycles. The van der Waals surface area contributed by atoms with Crippen molar-refractivity contribution in [1.29, 1.82) is 0 Å². The molecule has 0 fully saturated rings. The number of rotatable bonds is 6. The van der Waals surface area contributed by atoms with Crippen molar-refractivity contribution in [2.24, 2.45) is 7.05 Å². The van der Waals surface area contributed by atoms with Crippen LogP contribution in [-0.2, 0) is 23.6 Å². The first kappa shape index (κ1) is 17.5. The van der Waals surface area contributed by atoms with Crippen LogP contribution in [0.5, 0.6) is 0 Å². The molecule has 0 saturated heterocycles. The van der Waals surface area contributed by atoms with Gasteiger partial charge in [-0.25, -0.2) is 27.0 Å². The fraction of sp³-hybridized carbons (Fsp3) is 0.200. The van der Waals surface area contributed by atoms with Gasteiger partial charge >= 0.3 is 5.69 Å². The number of aromatic nitrogens is 3. The lowest BCUT2D eigenvalue weighted by molar-refractivity contribution is 0.539. The molecular weight excluding hydrogens is 367 g/mol. The lowest BCUT2D eigenvalue weighted by Gasteiger charge is -2.07. The predicted molar refractivity (Wildman–Crippen MR) is 92.4 cm³/mol. The number of nitrogens with zero attached hydrogens (tertiary/aromatic N) is 3. The second-order valence-electron chi connectivity index (χ2n) is 5.19. The number of hydrogen-bond donors (Lipinski definition) is 1. The summed E-state index contributed by atoms with van der Waals surface area (Å²) in [6.07, 6.45) is 0. The molecule has 10 heteroatoms. The van der Waals surface area contributed by atoms with E-state index in [9.17, 15) is 17.6 Å². The highest BCUT2D eigenvalue weighted by atomic mass is 32.2. The van der Waals surface area contributed by atoms with Gasteiger partial charge in [-0.15, -0.1) is 16.4 Å². The number of halogens is 1. The van der Waals surface area contributed by atoms with Crippen molar-refractivity contribution in [3.05, 3.63) is 58.1 Å². The first-order valence-electron chi connectivity index (χ1n) is 7.32. The average Bonchev–Trinajstić information content (AvgIpc) is 3.19. The summed E-state index contributed by atoms with van der Waals surface area (Å²) >= 11 is 1.45. The maximum atomic E-state index is 13.6. The van der Waals surface area contributed by atoms with Crippen LogP contribution in [-0.4, -0.2) is 29.3 Å². The van der Waals surface area contributed by atoms with Crippen LogP contribution in [0.15, 0.2) is 51.5 Å². The Morgan fingerprint density at radius 3 is 2.68 bits per heavy atom. The minimum atomic E-state index is -3.99. The maximum absolute atomic E-state index is 13.6. The quantitative estimate of drug-likeness (QED) is 0.699. The van der Waals surface area contributed by atoms with Crippen LogP contribution in [0.2, 0.25) is 0 Å². The third kappa shape index (κ3) is 3.55. The monoisotopic (exact) mass is 382 g/mol. The van der Waals surface area contributed by atoms with Gasteiger partial charge in [0.2, 0.25) is 10.0 Å². The molecule has 0 aliphatic carbocycles. The van der Waals surface area contributed by atoms with Crippen LogP contribution >= 0.6 is 11.3 Å². The normalized spacial score (nSPS) is 11.8. The zero-order chi connectivity index (χ0) is 18.0. The van der Waals surface area contributed by atoms with Gasteiger partial charge in [0, 0.05) is 13.6 Å². The lowest BCUT2D eigenvalue weighted by Crippen LogP contribution is -2.32. The van der Waals surface area contributed by atoms with E-state index >= 15 is 0 Å². The Bertz CT molecular complexity index is 1040. The van der Waals surface area contributed by atoms with Crippen LogP contribution in [0.4, 0.5) is 4.39 Å². The van der Waals surface area contributed by atoms with E-state index in [1.54, 1.807) is 7.05 Å². The SMILES string of the molecule is Cn1c(-c2cccs2)nn(CCNS(=O)(=O)c2ccccc2F)c1=O. The van der Waals surface area contributed by atoms with E-state index in [2.05, 4.69) is 9.82 Å². The third-order valence-corrected chi connectivity index (χ3v) is 5.88. The number of benzene rings is 1. The lowest BCUT2D eigenvalue weighted by atomic mass is 10.4. The molecule has 0 bridgehead atoms. The van der Waals surface area contributed by atoms with Crippen LogP contribution in [0.3, 0.4) is 0 Å². The van der Waals surface area contributed by atoms with Crippen molar-refractivity contribution >= 4 is 21.4 Å². The van der Waals surface area contributed by atoms with Crippen LogP contribution < -0.4 is 10.4 Å². The molecule has 25 heavy (non-hydrogen) atoms. The summed E-state index contributed by atoms with van der Waals surface area (Å²) in [5, 5.41) is 6.11. The Kier molecular flexibility index (Phi) is 4.84. The molecule has 0 amide bonds. The Labute approximate surface area is 147 Å². The fourth-order valence-corrected chi connectivity index (χ4v) is 4.12. The molecule has 3 rings (SSSR count). The van der Waals surface area contributed by atoms with Crippen molar-refractivity contribution in [2.75, 3.05) is 6.54 Å². The average molecular weight is 382 g/mol. The number of thiophene rings is 1. The molecule has 1 aromatic carbocycles. The van der Waals surface area contributed by atoms with Gasteiger partial charge in [-0.05, 0) is 23.6 Å². The number of hydrogen-bond acceptors (Lipinski definition) is 5. The van der Waals surface area contributed by atoms with Crippen molar-refractivity contribution in [1.82, 2.24) is 19.1 Å². The van der Waals surface area contributed by atoms with Crippen molar-refractivity contribution in [2.45, 2.75) is 11.4 Å². The Morgan fingerprint density at radius 2 is 2.00 bits per heavy atom. The van der Waals surface area contributed by atoms with Gasteiger partial charge in [-0.1, -0.05) is 18.2 Å². The first-order valence-corrected chi connectivity index (χ1v) is 9.68. The molecule has 0 saturated carbocycles. The molecule has 3 aromatic rings. The number of nitrogens with one attached hydrogen (secondary N) is 1. The zero-order valence-electron chi connectivity index (χ0n) is 13.2. The van der Waals surface area contributed by atoms with Crippen molar-refractivity contribution in [3.63, 3.8) is 0 Å². The second kappa shape index (κ2) is 6.90. The van der Waals surface area contributed by atoms with Gasteiger partial charge < -0.3 is 0 Å². The van der Waals surface area contributed by atoms with Gasteiger partial charge in [0.05, 0.1) is 11.4 Å². The smallest absolute Gasteiger partial charge is 0.277 e. The Balaban J connectivity index is 1.74. The molecule has 2 aromatic heterocycles. The van der Waals surface area contributed by atoms with E-state index < -0.39 is 20.7 Å². The van der Waals surface area contributed by atoms with Gasteiger partial charge in [0.1, 0.15) is 10.7 Å². The topological polar surface area (TPSA) is 86.0 Å². The largest absolute Gasteiger partial charge is 0.345 e. The third-order valence-electron chi connectivity index (χ3n) is 3.52. The molecule has 132 valence electrons. The highest BCUT2D eigenvalue weighted by molar-refractivity contribution is 7.89. The molecule has 0 aliphatic rings. The molecule has 1 N–H and O–H groups in total. The van der Waals surface area contributed by atoms with E-state index in [0.717, 1.165) is 10.9 Å². The Hall–Kier alpha value is -2.30. The fourth-order valence-electron chi connectivity index (χ4n) is 2.28. The minimum absolute atomic E-state index is 0.0335. The van der Waals surface area contributed by atoms with E-state index in [1.807, 2.05) is 17.5 Å². The molecule has 0 atom stereocenters. The summed E-state index contributed by atoms with van der Waals surface area (Å²) in [5.41, 5.74) is -0.353. The molecule has 0 radical (unpaired) electrons. The summed E-state index contributed by atoms with van der Waals surface area (Å²) in [4.78, 5) is 12.6. The van der Waals surface area contributed by atoms with E-state index in [0.29, 0.717) is 5.82 Å². The maximum Gasteiger partial charge on any atom is 0.345 e. The minimum Gasteiger partial charge on any atom is -0.277 e. The van der Waals surface area contributed by atoms with Crippen LogP contribution in [0.25, 0.3) is 10.7 Å². The van der Waals surface area contributed by atoms with E-state index in [4.69, 9.17) is 0 Å². The number of sulfonamides is 1. The highest BCUT2D eigenvalue weighted by Crippen LogP contribution is 2.20. The predicted octanol–water partition coefficient (Wildman–Crippen LogP) is 1.43. The van der Waals surface area contributed by atoms with Gasteiger partial charge in [0.25, 0.3) is 0 Å². The zero-order valence-corrected chi connectivity index (χ0v) is 14.8. The van der Waals surface area contributed by atoms with Crippen LogP contribution in [0.1, 0.15) is 0 Å². The summed E-state index contributed by atoms with van der Waals surface area (Å²) in [6.45, 7) is -0.0524. The van der Waals surface area contributed by atoms with Crippen molar-refractivity contribution in [3.8, 4) is 10.7 Å². The van der Waals surface area contributed by atoms with Gasteiger partial charge in [-0.3, -0.25) is 4.57 Å². The van der Waals surface area contributed by atoms with Crippen molar-refractivity contribution < 1.29 is 12.8 Å². The summed E-state index contributed by atoms with van der Waals surface area (Å²) in [7, 11) is -2.39. The second-order valence-corrected chi connectivity index (χ2v) is 7.88. The first-order chi connectivity index (χ1) is 11.9. The molecule has 0 spiro atoms. The van der Waals surface area contributed by atoms with Gasteiger partial charge in [-0.2, -0.15) is 0 Å². The summed E-state index contributed by atoms with van der Waals surface area (Å²) < 4.78 is 42.7. The van der Waals surface area contributed by atoms with E-state index in [1.165, 1.54) is 38.8 Å². The standard InChI is InChI=1S/C15H15FN4O3S2/c1-19-14(12-6-4-10-24-12)18-20(15(19)21)9-8-17-25(22,23)13-7-3-2-5-11(13)16/h2-7,10,17H,8-9H2,1H3. The Morgan fingerprint density at radius 1 is 1.24 bits per heavy atom. The van der Waals surface area contributed by atoms with E-state index in [-0.39, 0.29) is 18.8 Å². The molecule has 0 unspecified atom stereocenters. The molecule has 7 nitrogen and oxygen atoms in total. The highest BCUT2D eigenvalue weighted by Gasteiger charge is 2.18. The van der Waals surface area contributed by atoms with Crippen LogP contribution in [0, 0.1) is 5.82 Å². The molecule has 0 aliphatic heterocycles. The summed E-state index contributed by atoms with van der Waals surface area (Å²) in [6, 6.07) is 8.80. The summed E-state index contributed by atoms with van der Waals surface area (Å²) in [5.74, 6) is -0.318. The van der Waals surface area contributed by atoms with Gasteiger partial charge in [0.15, 0.2) is 5.82 Å². The molecular formula is C15H15FN4O3S2.